The molecule has 4 rings (SSSR count). The third kappa shape index (κ3) is 7.52. The molecule has 1 amide bonds. The van der Waals surface area contributed by atoms with Crippen LogP contribution in [0.2, 0.25) is 10.0 Å². The molecule has 164 valence electrons. The lowest BCUT2D eigenvalue weighted by Gasteiger charge is -2.26. The molecule has 0 bridgehead atoms. The topological polar surface area (TPSA) is 105 Å². The van der Waals surface area contributed by atoms with Crippen molar-refractivity contribution in [3.05, 3.63) is 63.9 Å². The molecule has 2 heterocycles. The van der Waals surface area contributed by atoms with Gasteiger partial charge in [-0.25, -0.2) is 5.14 Å². The molecule has 0 unspecified atom stereocenters. The largest absolute Gasteiger partial charge is 0.355 e. The highest BCUT2D eigenvalue weighted by Gasteiger charge is 2.23. The Labute approximate surface area is 187 Å². The zero-order chi connectivity index (χ0) is 22.1. The van der Waals surface area contributed by atoms with Crippen LogP contribution in [0, 0.1) is 0 Å². The number of carbonyl (C=O) groups excluding carboxylic acids is 1. The number of carbonyl (C=O) groups is 1. The van der Waals surface area contributed by atoms with Gasteiger partial charge < -0.3 is 5.32 Å². The van der Waals surface area contributed by atoms with Gasteiger partial charge in [0.1, 0.15) is 0 Å². The summed E-state index contributed by atoms with van der Waals surface area (Å²) in [5.74, 6) is 0.567. The standard InChI is InChI=1S/C9H11N.C8H7Cl2NO.C3H8N2O2S/c1-2-7-10-9(6-1)8-4-3-5-8;1-11-8(12)6-3-2-5(9)4-7(6)10;4-8(6,7)5-2-1-3-5/h1-2,6-8H,3-5H2;2-4H,1H3,(H,11,12);1-3H2,(H2,4,6,7). The quantitative estimate of drug-likeness (QED) is 0.711. The Balaban J connectivity index is 0.000000163. The molecule has 0 atom stereocenters. The highest BCUT2D eigenvalue weighted by Crippen LogP contribution is 2.34. The third-order valence-electron chi connectivity index (χ3n) is 4.79. The van der Waals surface area contributed by atoms with E-state index in [0.717, 1.165) is 12.3 Å². The van der Waals surface area contributed by atoms with Crippen molar-refractivity contribution in [3.8, 4) is 0 Å². The minimum atomic E-state index is -3.33. The Morgan fingerprint density at radius 1 is 1.17 bits per heavy atom. The van der Waals surface area contributed by atoms with Gasteiger partial charge >= 0.3 is 0 Å². The molecule has 2 aromatic rings. The lowest BCUT2D eigenvalue weighted by atomic mass is 9.83. The van der Waals surface area contributed by atoms with Gasteiger partial charge in [-0.1, -0.05) is 35.7 Å². The fourth-order valence-corrected chi connectivity index (χ4v) is 3.93. The van der Waals surface area contributed by atoms with Crippen LogP contribution in [-0.4, -0.2) is 43.8 Å². The van der Waals surface area contributed by atoms with Gasteiger partial charge in [-0.3, -0.25) is 9.78 Å². The fraction of sp³-hybridized carbons (Fsp3) is 0.400. The van der Waals surface area contributed by atoms with Gasteiger partial charge in [0, 0.05) is 43.0 Å². The van der Waals surface area contributed by atoms with Crippen LogP contribution in [0.25, 0.3) is 0 Å². The van der Waals surface area contributed by atoms with Crippen molar-refractivity contribution < 1.29 is 13.2 Å². The molecule has 30 heavy (non-hydrogen) atoms. The number of amides is 1. The first kappa shape index (κ1) is 24.6. The smallest absolute Gasteiger partial charge is 0.276 e. The molecular formula is C20H26Cl2N4O3S. The van der Waals surface area contributed by atoms with Gasteiger partial charge in [-0.05, 0) is 49.6 Å². The van der Waals surface area contributed by atoms with Gasteiger partial charge in [0.2, 0.25) is 0 Å². The third-order valence-corrected chi connectivity index (χ3v) is 6.42. The van der Waals surface area contributed by atoms with E-state index in [0.29, 0.717) is 28.7 Å². The van der Waals surface area contributed by atoms with Gasteiger partial charge in [0.15, 0.2) is 0 Å². The molecule has 1 saturated carbocycles. The summed E-state index contributed by atoms with van der Waals surface area (Å²) < 4.78 is 21.9. The summed E-state index contributed by atoms with van der Waals surface area (Å²) in [7, 11) is -1.78. The van der Waals surface area contributed by atoms with Crippen LogP contribution in [0.4, 0.5) is 0 Å². The number of pyridine rings is 1. The lowest BCUT2D eigenvalue weighted by molar-refractivity contribution is 0.0963. The Bertz CT molecular complexity index is 934. The molecule has 0 radical (unpaired) electrons. The number of halogens is 2. The second-order valence-corrected chi connectivity index (χ2v) is 9.27. The van der Waals surface area contributed by atoms with E-state index < -0.39 is 10.2 Å². The molecule has 1 aliphatic heterocycles. The minimum Gasteiger partial charge on any atom is -0.355 e. The first-order valence-corrected chi connectivity index (χ1v) is 11.8. The molecule has 0 spiro atoms. The number of benzene rings is 1. The number of hydrogen-bond acceptors (Lipinski definition) is 4. The van der Waals surface area contributed by atoms with Gasteiger partial charge in [0.05, 0.1) is 10.6 Å². The van der Waals surface area contributed by atoms with Crippen LogP contribution in [0.15, 0.2) is 42.6 Å². The van der Waals surface area contributed by atoms with E-state index in [1.54, 1.807) is 19.2 Å². The molecule has 3 N–H and O–H groups in total. The van der Waals surface area contributed by atoms with Crippen molar-refractivity contribution in [1.29, 1.82) is 0 Å². The molecule has 2 fully saturated rings. The summed E-state index contributed by atoms with van der Waals surface area (Å²) in [6, 6.07) is 10.9. The van der Waals surface area contributed by atoms with E-state index in [1.807, 2.05) is 12.3 Å². The van der Waals surface area contributed by atoms with E-state index in [9.17, 15) is 13.2 Å². The monoisotopic (exact) mass is 472 g/mol. The van der Waals surface area contributed by atoms with Crippen LogP contribution in [0.1, 0.15) is 47.7 Å². The highest BCUT2D eigenvalue weighted by molar-refractivity contribution is 7.86. The van der Waals surface area contributed by atoms with E-state index in [4.69, 9.17) is 28.3 Å². The Hall–Kier alpha value is -1.71. The molecule has 1 aromatic carbocycles. The Morgan fingerprint density at radius 3 is 2.23 bits per heavy atom. The minimum absolute atomic E-state index is 0.211. The maximum Gasteiger partial charge on any atom is 0.276 e. The summed E-state index contributed by atoms with van der Waals surface area (Å²) in [5.41, 5.74) is 1.72. The number of nitrogens with two attached hydrogens (primary N) is 1. The number of rotatable bonds is 3. The van der Waals surface area contributed by atoms with Gasteiger partial charge in [0.25, 0.3) is 16.1 Å². The van der Waals surface area contributed by atoms with Gasteiger partial charge in [-0.15, -0.1) is 0 Å². The van der Waals surface area contributed by atoms with Gasteiger partial charge in [-0.2, -0.15) is 12.7 Å². The zero-order valence-corrected chi connectivity index (χ0v) is 19.1. The van der Waals surface area contributed by atoms with Crippen molar-refractivity contribution in [2.75, 3.05) is 20.1 Å². The molecule has 1 aromatic heterocycles. The number of nitrogens with zero attached hydrogens (tertiary/aromatic N) is 2. The van der Waals surface area contributed by atoms with Crippen LogP contribution < -0.4 is 10.5 Å². The SMILES string of the molecule is CNC(=O)c1ccc(Cl)cc1Cl.NS(=O)(=O)N1CCC1.c1ccc(C2CCC2)nc1. The second kappa shape index (κ2) is 11.6. The summed E-state index contributed by atoms with van der Waals surface area (Å²) in [6.45, 7) is 1.19. The highest BCUT2D eigenvalue weighted by atomic mass is 35.5. The first-order chi connectivity index (χ1) is 14.2. The number of nitrogens with one attached hydrogen (secondary N) is 1. The van der Waals surface area contributed by atoms with Crippen molar-refractivity contribution in [2.24, 2.45) is 5.14 Å². The summed E-state index contributed by atoms with van der Waals surface area (Å²) in [4.78, 5) is 15.4. The van der Waals surface area contributed by atoms with Crippen molar-refractivity contribution in [2.45, 2.75) is 31.6 Å². The lowest BCUT2D eigenvalue weighted by Crippen LogP contribution is -2.45. The fourth-order valence-electron chi connectivity index (χ4n) is 2.67. The summed E-state index contributed by atoms with van der Waals surface area (Å²) in [6.07, 6.45) is 6.90. The predicted octanol–water partition coefficient (Wildman–Crippen LogP) is 3.60. The normalized spacial score (nSPS) is 16.0. The Morgan fingerprint density at radius 2 is 1.87 bits per heavy atom. The van der Waals surface area contributed by atoms with Crippen molar-refractivity contribution in [3.63, 3.8) is 0 Å². The van der Waals surface area contributed by atoms with Crippen LogP contribution in [-0.2, 0) is 10.2 Å². The van der Waals surface area contributed by atoms with E-state index in [1.165, 1.54) is 35.3 Å². The van der Waals surface area contributed by atoms with Crippen LogP contribution >= 0.6 is 23.2 Å². The average molecular weight is 473 g/mol. The van der Waals surface area contributed by atoms with Crippen LogP contribution in [0.5, 0.6) is 0 Å². The molecule has 7 nitrogen and oxygen atoms in total. The maximum absolute atomic E-state index is 11.1. The predicted molar refractivity (Wildman–Crippen MR) is 120 cm³/mol. The molecular weight excluding hydrogens is 447 g/mol. The van der Waals surface area contributed by atoms with E-state index >= 15 is 0 Å². The molecule has 1 aliphatic carbocycles. The summed E-state index contributed by atoms with van der Waals surface area (Å²) >= 11 is 11.4. The molecule has 1 saturated heterocycles. The second-order valence-electron chi connectivity index (χ2n) is 6.88. The number of aromatic nitrogens is 1. The van der Waals surface area contributed by atoms with E-state index in [2.05, 4.69) is 22.4 Å². The van der Waals surface area contributed by atoms with Crippen molar-refractivity contribution >= 4 is 39.3 Å². The average Bonchev–Trinajstić information content (AvgIpc) is 2.59. The Kier molecular flexibility index (Phi) is 9.51. The molecule has 2 aliphatic rings. The first-order valence-electron chi connectivity index (χ1n) is 9.58. The van der Waals surface area contributed by atoms with Crippen molar-refractivity contribution in [1.82, 2.24) is 14.6 Å². The summed E-state index contributed by atoms with van der Waals surface area (Å²) in [5, 5.41) is 8.10. The zero-order valence-electron chi connectivity index (χ0n) is 16.7. The molecule has 10 heteroatoms. The van der Waals surface area contributed by atoms with Crippen LogP contribution in [0.3, 0.4) is 0 Å². The maximum atomic E-state index is 11.1. The number of hydrogen-bond donors (Lipinski definition) is 2. The van der Waals surface area contributed by atoms with E-state index in [-0.39, 0.29) is 5.91 Å².